The minimum absolute atomic E-state index is 0.157. The molecule has 0 radical (unpaired) electrons. The number of rotatable bonds is 4. The minimum Gasteiger partial charge on any atom is -0.394 e. The Balaban J connectivity index is 1.80. The topological polar surface area (TPSA) is 57.2 Å². The molecule has 0 amide bonds. The Bertz CT molecular complexity index is 524. The summed E-state index contributed by atoms with van der Waals surface area (Å²) >= 11 is 0. The van der Waals surface area contributed by atoms with Crippen molar-refractivity contribution in [1.29, 1.82) is 0 Å². The molecule has 1 aromatic rings. The van der Waals surface area contributed by atoms with E-state index in [0.29, 0.717) is 0 Å². The van der Waals surface area contributed by atoms with Gasteiger partial charge in [-0.3, -0.25) is 0 Å². The molecule has 0 saturated carbocycles. The van der Waals surface area contributed by atoms with Gasteiger partial charge in [0, 0.05) is 0 Å². The number of ether oxygens (including phenoxy) is 4. The molecule has 0 unspecified atom stereocenters. The van der Waals surface area contributed by atoms with Crippen molar-refractivity contribution >= 4 is 0 Å². The van der Waals surface area contributed by atoms with Gasteiger partial charge < -0.3 is 24.1 Å². The lowest BCUT2D eigenvalue weighted by Crippen LogP contribution is -2.38. The molecular formula is C15H20O5. The molecular weight excluding hydrogens is 260 g/mol. The van der Waals surface area contributed by atoms with Gasteiger partial charge in [-0.25, -0.2) is 0 Å². The third kappa shape index (κ3) is 2.73. The van der Waals surface area contributed by atoms with Crippen molar-refractivity contribution < 1.29 is 26.8 Å². The van der Waals surface area contributed by atoms with Crippen molar-refractivity contribution in [2.75, 3.05) is 6.58 Å². The molecule has 2 aliphatic rings. The lowest BCUT2D eigenvalue weighted by Gasteiger charge is -2.25. The number of benzene rings is 1. The molecule has 110 valence electrons. The van der Waals surface area contributed by atoms with E-state index in [4.69, 9.17) is 21.7 Å². The molecule has 1 N–H and O–H groups in total. The van der Waals surface area contributed by atoms with Crippen LogP contribution in [0.5, 0.6) is 0 Å². The van der Waals surface area contributed by atoms with E-state index in [0.717, 1.165) is 5.56 Å². The van der Waals surface area contributed by atoms with E-state index >= 15 is 0 Å². The Labute approximate surface area is 121 Å². The van der Waals surface area contributed by atoms with Gasteiger partial charge in [0.1, 0.15) is 18.3 Å². The Hall–Kier alpha value is -0.980. The van der Waals surface area contributed by atoms with Crippen LogP contribution in [-0.2, 0) is 25.6 Å². The molecule has 0 spiro atoms. The van der Waals surface area contributed by atoms with Crippen molar-refractivity contribution in [1.82, 2.24) is 0 Å². The van der Waals surface area contributed by atoms with Gasteiger partial charge in [-0.2, -0.15) is 0 Å². The van der Waals surface area contributed by atoms with E-state index in [2.05, 4.69) is 0 Å². The van der Waals surface area contributed by atoms with Crippen LogP contribution < -0.4 is 0 Å². The highest BCUT2D eigenvalue weighted by atomic mass is 16.8. The number of aliphatic hydroxyl groups excluding tert-OH is 1. The number of hydrogen-bond donors (Lipinski definition) is 1. The fourth-order valence-electron chi connectivity index (χ4n) is 2.41. The smallest absolute Gasteiger partial charge is 0.190 e. The van der Waals surface area contributed by atoms with E-state index in [9.17, 15) is 5.11 Å². The second-order valence-corrected chi connectivity index (χ2v) is 5.31. The summed E-state index contributed by atoms with van der Waals surface area (Å²) in [6, 6.07) is 9.38. The maximum Gasteiger partial charge on any atom is 0.190 e. The number of fused-ring (bicyclic) bond motifs is 1. The van der Waals surface area contributed by atoms with Crippen LogP contribution >= 0.6 is 0 Å². The van der Waals surface area contributed by atoms with E-state index in [1.54, 1.807) is 13.8 Å². The predicted molar refractivity (Wildman–Crippen MR) is 70.8 cm³/mol. The van der Waals surface area contributed by atoms with Crippen molar-refractivity contribution in [3.05, 3.63) is 35.9 Å². The lowest BCUT2D eigenvalue weighted by molar-refractivity contribution is -0.222. The maximum absolute atomic E-state index is 9.60. The molecule has 5 atom stereocenters. The fraction of sp³-hybridized carbons (Fsp3) is 0.600. The van der Waals surface area contributed by atoms with Crippen LogP contribution in [0.3, 0.4) is 0 Å². The predicted octanol–water partition coefficient (Wildman–Crippen LogP) is 1.44. The first-order chi connectivity index (χ1) is 10.3. The summed E-state index contributed by atoms with van der Waals surface area (Å²) in [6.07, 6.45) is -4.53. The first-order valence-electron chi connectivity index (χ1n) is 7.69. The van der Waals surface area contributed by atoms with Gasteiger partial charge in [-0.15, -0.1) is 0 Å². The Kier molecular flexibility index (Phi) is 3.16. The van der Waals surface area contributed by atoms with Gasteiger partial charge in [0.2, 0.25) is 0 Å². The maximum atomic E-state index is 9.60. The molecule has 0 bridgehead atoms. The van der Waals surface area contributed by atoms with E-state index < -0.39 is 36.9 Å². The van der Waals surface area contributed by atoms with Gasteiger partial charge in [0.15, 0.2) is 12.1 Å². The molecule has 3 rings (SSSR count). The molecule has 2 fully saturated rings. The molecule has 2 heterocycles. The SMILES string of the molecule is [2H][C@@H](O)[C@H]1O[C@@H]2OC(C)(C)O[C@@H]2[C@]1([2H])OCc1ccccc1. The molecule has 5 nitrogen and oxygen atoms in total. The zero-order chi connectivity index (χ0) is 16.0. The second-order valence-electron chi connectivity index (χ2n) is 5.31. The Morgan fingerprint density at radius 1 is 1.35 bits per heavy atom. The van der Waals surface area contributed by atoms with Crippen molar-refractivity contribution in [2.45, 2.75) is 50.8 Å². The van der Waals surface area contributed by atoms with Gasteiger partial charge in [0.05, 0.1) is 15.9 Å². The van der Waals surface area contributed by atoms with Gasteiger partial charge in [0.25, 0.3) is 0 Å². The van der Waals surface area contributed by atoms with Gasteiger partial charge >= 0.3 is 0 Å². The first-order valence-corrected chi connectivity index (χ1v) is 6.61. The summed E-state index contributed by atoms with van der Waals surface area (Å²) < 4.78 is 38.6. The Morgan fingerprint density at radius 2 is 2.10 bits per heavy atom. The quantitative estimate of drug-likeness (QED) is 0.905. The average molecular weight is 282 g/mol. The van der Waals surface area contributed by atoms with Crippen LogP contribution in [0.4, 0.5) is 0 Å². The van der Waals surface area contributed by atoms with Crippen LogP contribution in [0.25, 0.3) is 0 Å². The fourth-order valence-corrected chi connectivity index (χ4v) is 2.41. The van der Waals surface area contributed by atoms with E-state index in [1.807, 2.05) is 30.3 Å². The minimum atomic E-state index is -1.71. The molecule has 2 aliphatic heterocycles. The van der Waals surface area contributed by atoms with Crippen LogP contribution in [0.2, 0.25) is 0 Å². The summed E-state index contributed by atoms with van der Waals surface area (Å²) in [5, 5.41) is 9.60. The molecule has 5 heteroatoms. The normalized spacial score (nSPS) is 41.9. The third-order valence-electron chi connectivity index (χ3n) is 3.28. The summed E-state index contributed by atoms with van der Waals surface area (Å²) in [5.41, 5.74) is 0.883. The third-order valence-corrected chi connectivity index (χ3v) is 3.28. The zero-order valence-electron chi connectivity index (χ0n) is 13.5. The highest BCUT2D eigenvalue weighted by Crippen LogP contribution is 2.38. The van der Waals surface area contributed by atoms with Gasteiger partial charge in [-0.05, 0) is 19.4 Å². The first kappa shape index (κ1) is 11.7. The molecule has 0 aromatic heterocycles. The zero-order valence-corrected chi connectivity index (χ0v) is 11.5. The highest BCUT2D eigenvalue weighted by Gasteiger charge is 2.55. The largest absolute Gasteiger partial charge is 0.394 e. The highest BCUT2D eigenvalue weighted by molar-refractivity contribution is 5.13. The molecule has 2 saturated heterocycles. The molecule has 20 heavy (non-hydrogen) atoms. The monoisotopic (exact) mass is 282 g/mol. The van der Waals surface area contributed by atoms with E-state index in [-0.39, 0.29) is 6.61 Å². The number of hydrogen-bond acceptors (Lipinski definition) is 5. The van der Waals surface area contributed by atoms with Crippen LogP contribution in [-0.4, -0.2) is 42.1 Å². The molecule has 0 aliphatic carbocycles. The Morgan fingerprint density at radius 3 is 2.80 bits per heavy atom. The molecule has 1 aromatic carbocycles. The summed E-state index contributed by atoms with van der Waals surface area (Å²) in [5.74, 6) is -0.893. The summed E-state index contributed by atoms with van der Waals surface area (Å²) in [4.78, 5) is 0. The van der Waals surface area contributed by atoms with Crippen LogP contribution in [0.1, 0.15) is 22.2 Å². The lowest BCUT2D eigenvalue weighted by atomic mass is 10.1. The number of aliphatic hydroxyl groups is 1. The van der Waals surface area contributed by atoms with E-state index in [1.165, 1.54) is 0 Å². The average Bonchev–Trinajstić information content (AvgIpc) is 2.90. The van der Waals surface area contributed by atoms with Crippen molar-refractivity contribution in [2.24, 2.45) is 0 Å². The summed E-state index contributed by atoms with van der Waals surface area (Å²) in [7, 11) is 0. The van der Waals surface area contributed by atoms with Crippen molar-refractivity contribution in [3.63, 3.8) is 0 Å². The van der Waals surface area contributed by atoms with Gasteiger partial charge in [-0.1, -0.05) is 30.3 Å². The van der Waals surface area contributed by atoms with Crippen molar-refractivity contribution in [3.8, 4) is 0 Å². The van der Waals surface area contributed by atoms with Crippen LogP contribution in [0, 0.1) is 0 Å². The second kappa shape index (κ2) is 5.42. The standard InChI is InChI=1S/C15H20O5/c1-15(2)19-13-12(11(8-16)18-14(13)20-15)17-9-10-6-4-3-5-7-10/h3-7,11-14,16H,8-9H2,1-2H3/t11-,12-,13-,14-/m1/s1/i8D,12D/t8-,11-,12-,13-,14-. The summed E-state index contributed by atoms with van der Waals surface area (Å²) in [6.45, 7) is 1.98. The van der Waals surface area contributed by atoms with Crippen LogP contribution in [0.15, 0.2) is 30.3 Å².